The largest absolute Gasteiger partial charge is 0.381 e. The zero-order valence-corrected chi connectivity index (χ0v) is 15.7. The van der Waals surface area contributed by atoms with E-state index in [1.165, 1.54) is 4.90 Å². The maximum absolute atomic E-state index is 12.4. The highest BCUT2D eigenvalue weighted by Gasteiger charge is 2.27. The highest BCUT2D eigenvalue weighted by molar-refractivity contribution is 7.88. The molecule has 1 heterocycles. The number of hydrogen-bond acceptors (Lipinski definition) is 4. The Morgan fingerprint density at radius 3 is 2.44 bits per heavy atom. The quantitative estimate of drug-likeness (QED) is 0.785. The Morgan fingerprint density at radius 1 is 1.20 bits per heavy atom. The number of ether oxygens (including phenoxy) is 1. The number of sulfonamides is 1. The fourth-order valence-electron chi connectivity index (χ4n) is 2.85. The number of rotatable bonds is 7. The first-order chi connectivity index (χ1) is 11.9. The summed E-state index contributed by atoms with van der Waals surface area (Å²) < 4.78 is 32.4. The van der Waals surface area contributed by atoms with Crippen LogP contribution in [0.2, 0.25) is 0 Å². The first-order valence-electron chi connectivity index (χ1n) is 8.46. The average Bonchev–Trinajstić information content (AvgIpc) is 2.59. The summed E-state index contributed by atoms with van der Waals surface area (Å²) in [6, 6.07) is 9.02. The van der Waals surface area contributed by atoms with Gasteiger partial charge in [0.1, 0.15) is 0 Å². The van der Waals surface area contributed by atoms with Gasteiger partial charge in [0.2, 0.25) is 10.0 Å². The second-order valence-electron chi connectivity index (χ2n) is 6.35. The molecule has 140 valence electrons. The van der Waals surface area contributed by atoms with Crippen molar-refractivity contribution in [1.82, 2.24) is 14.5 Å². The summed E-state index contributed by atoms with van der Waals surface area (Å²) in [7, 11) is -0.0280. The fourth-order valence-corrected chi connectivity index (χ4v) is 3.99. The molecular weight excluding hydrogens is 342 g/mol. The number of urea groups is 1. The van der Waals surface area contributed by atoms with Gasteiger partial charge in [0.25, 0.3) is 0 Å². The number of carbonyl (C=O) groups excluding carboxylic acids is 1. The molecule has 0 bridgehead atoms. The van der Waals surface area contributed by atoms with E-state index in [2.05, 4.69) is 4.72 Å². The van der Waals surface area contributed by atoms with E-state index in [0.29, 0.717) is 19.8 Å². The van der Waals surface area contributed by atoms with Crippen LogP contribution in [0.25, 0.3) is 0 Å². The lowest BCUT2D eigenvalue weighted by Gasteiger charge is -2.36. The lowest BCUT2D eigenvalue weighted by atomic mass is 10.1. The Morgan fingerprint density at radius 2 is 1.84 bits per heavy atom. The van der Waals surface area contributed by atoms with Gasteiger partial charge >= 0.3 is 6.03 Å². The number of benzene rings is 1. The molecule has 0 aromatic heterocycles. The van der Waals surface area contributed by atoms with E-state index in [9.17, 15) is 13.2 Å². The van der Waals surface area contributed by atoms with Gasteiger partial charge < -0.3 is 14.5 Å². The van der Waals surface area contributed by atoms with Crippen LogP contribution in [0.3, 0.4) is 0 Å². The molecule has 2 amide bonds. The van der Waals surface area contributed by atoms with Crippen molar-refractivity contribution < 1.29 is 17.9 Å². The van der Waals surface area contributed by atoms with E-state index in [4.69, 9.17) is 4.74 Å². The number of nitrogens with one attached hydrogen (secondary N) is 1. The monoisotopic (exact) mass is 369 g/mol. The molecule has 0 aliphatic carbocycles. The van der Waals surface area contributed by atoms with Crippen molar-refractivity contribution in [2.45, 2.75) is 24.6 Å². The number of hydrogen-bond donors (Lipinski definition) is 1. The Hall–Kier alpha value is -1.64. The van der Waals surface area contributed by atoms with Crippen LogP contribution in [0.15, 0.2) is 30.3 Å². The first kappa shape index (κ1) is 19.7. The van der Waals surface area contributed by atoms with Gasteiger partial charge in [0, 0.05) is 46.4 Å². The van der Waals surface area contributed by atoms with Gasteiger partial charge in [0.05, 0.1) is 5.75 Å². The summed E-state index contributed by atoms with van der Waals surface area (Å²) in [5.41, 5.74) is 0.737. The van der Waals surface area contributed by atoms with E-state index < -0.39 is 10.0 Å². The highest BCUT2D eigenvalue weighted by atomic mass is 32.2. The SMILES string of the molecule is CN(C)C(=O)N(CCNS(=O)(=O)Cc1ccccc1)C1CCOCC1. The average molecular weight is 369 g/mol. The molecule has 1 fully saturated rings. The predicted molar refractivity (Wildman–Crippen MR) is 96.7 cm³/mol. The van der Waals surface area contributed by atoms with Gasteiger partial charge in [-0.3, -0.25) is 0 Å². The van der Waals surface area contributed by atoms with Gasteiger partial charge in [-0.2, -0.15) is 0 Å². The van der Waals surface area contributed by atoms with Crippen LogP contribution in [-0.2, 0) is 20.5 Å². The molecule has 1 aromatic rings. The zero-order valence-electron chi connectivity index (χ0n) is 14.8. The number of amides is 2. The van der Waals surface area contributed by atoms with Crippen molar-refractivity contribution in [3.05, 3.63) is 35.9 Å². The number of nitrogens with zero attached hydrogens (tertiary/aromatic N) is 2. The van der Waals surface area contributed by atoms with Crippen LogP contribution in [0.5, 0.6) is 0 Å². The molecule has 1 N–H and O–H groups in total. The molecule has 0 saturated carbocycles. The first-order valence-corrected chi connectivity index (χ1v) is 10.1. The Kier molecular flexibility index (Phi) is 7.22. The molecule has 0 unspecified atom stereocenters. The van der Waals surface area contributed by atoms with E-state index in [1.54, 1.807) is 31.1 Å². The zero-order chi connectivity index (χ0) is 18.3. The molecule has 1 aromatic carbocycles. The van der Waals surface area contributed by atoms with Gasteiger partial charge in [-0.05, 0) is 18.4 Å². The third-order valence-corrected chi connectivity index (χ3v) is 5.49. The van der Waals surface area contributed by atoms with Crippen LogP contribution in [0.1, 0.15) is 18.4 Å². The molecule has 0 spiro atoms. The molecule has 0 atom stereocenters. The molecule has 8 heteroatoms. The third-order valence-electron chi connectivity index (χ3n) is 4.13. The summed E-state index contributed by atoms with van der Waals surface area (Å²) in [5, 5.41) is 0. The molecular formula is C17H27N3O4S. The fraction of sp³-hybridized carbons (Fsp3) is 0.588. The van der Waals surface area contributed by atoms with Crippen LogP contribution in [0.4, 0.5) is 4.79 Å². The molecule has 1 aliphatic heterocycles. The third kappa shape index (κ3) is 6.30. The van der Waals surface area contributed by atoms with Crippen molar-refractivity contribution in [2.24, 2.45) is 0 Å². The summed E-state index contributed by atoms with van der Waals surface area (Å²) in [5.74, 6) is -0.0628. The highest BCUT2D eigenvalue weighted by Crippen LogP contribution is 2.15. The van der Waals surface area contributed by atoms with Crippen molar-refractivity contribution in [1.29, 1.82) is 0 Å². The van der Waals surface area contributed by atoms with Crippen LogP contribution in [-0.4, -0.2) is 70.7 Å². The summed E-state index contributed by atoms with van der Waals surface area (Å²) >= 11 is 0. The van der Waals surface area contributed by atoms with E-state index in [-0.39, 0.29) is 24.4 Å². The van der Waals surface area contributed by atoms with Crippen molar-refractivity contribution in [3.63, 3.8) is 0 Å². The maximum Gasteiger partial charge on any atom is 0.319 e. The van der Waals surface area contributed by atoms with Crippen LogP contribution in [0, 0.1) is 0 Å². The maximum atomic E-state index is 12.4. The van der Waals surface area contributed by atoms with Gasteiger partial charge in [0.15, 0.2) is 0 Å². The van der Waals surface area contributed by atoms with Gasteiger partial charge in [-0.1, -0.05) is 30.3 Å². The van der Waals surface area contributed by atoms with Crippen molar-refractivity contribution >= 4 is 16.1 Å². The lowest BCUT2D eigenvalue weighted by molar-refractivity contribution is 0.0421. The lowest BCUT2D eigenvalue weighted by Crippen LogP contribution is -2.50. The topological polar surface area (TPSA) is 79.0 Å². The minimum absolute atomic E-state index is 0.0628. The van der Waals surface area contributed by atoms with Crippen molar-refractivity contribution in [2.75, 3.05) is 40.4 Å². The van der Waals surface area contributed by atoms with E-state index in [0.717, 1.165) is 18.4 Å². The summed E-state index contributed by atoms with van der Waals surface area (Å²) in [4.78, 5) is 15.7. The predicted octanol–water partition coefficient (Wildman–Crippen LogP) is 1.27. The smallest absolute Gasteiger partial charge is 0.319 e. The second-order valence-corrected chi connectivity index (χ2v) is 8.16. The van der Waals surface area contributed by atoms with Crippen LogP contribution >= 0.6 is 0 Å². The van der Waals surface area contributed by atoms with Gasteiger partial charge in [-0.15, -0.1) is 0 Å². The number of carbonyl (C=O) groups is 1. The molecule has 7 nitrogen and oxygen atoms in total. The second kappa shape index (κ2) is 9.17. The normalized spacial score (nSPS) is 15.8. The summed E-state index contributed by atoms with van der Waals surface area (Å²) in [6.07, 6.45) is 1.55. The van der Waals surface area contributed by atoms with E-state index >= 15 is 0 Å². The van der Waals surface area contributed by atoms with Gasteiger partial charge in [-0.25, -0.2) is 17.9 Å². The Balaban J connectivity index is 1.92. The van der Waals surface area contributed by atoms with E-state index in [1.807, 2.05) is 18.2 Å². The Bertz CT molecular complexity index is 643. The molecule has 1 saturated heterocycles. The molecule has 1 aliphatic rings. The van der Waals surface area contributed by atoms with Crippen LogP contribution < -0.4 is 4.72 Å². The molecule has 2 rings (SSSR count). The van der Waals surface area contributed by atoms with Crippen molar-refractivity contribution in [3.8, 4) is 0 Å². The molecule has 25 heavy (non-hydrogen) atoms. The Labute approximate surface area is 150 Å². The molecule has 0 radical (unpaired) electrons. The standard InChI is InChI=1S/C17H27N3O4S/c1-19(2)17(21)20(16-8-12-24-13-9-16)11-10-18-25(22,23)14-15-6-4-3-5-7-15/h3-7,16,18H,8-14H2,1-2H3. The minimum Gasteiger partial charge on any atom is -0.381 e. The summed E-state index contributed by atoms with van der Waals surface area (Å²) in [6.45, 7) is 1.80. The minimum atomic E-state index is -3.43.